The minimum atomic E-state index is -1.79. The summed E-state index contributed by atoms with van der Waals surface area (Å²) < 4.78 is 102. The number of amides is 5. The molecule has 32 atom stereocenters. The van der Waals surface area contributed by atoms with E-state index in [0.717, 1.165) is 11.1 Å². The molecule has 6 heterocycles. The number of hydrogen-bond acceptors (Lipinski definition) is 39. The van der Waals surface area contributed by atoms with Crippen molar-refractivity contribution in [3.8, 4) is 0 Å². The highest BCUT2D eigenvalue weighted by molar-refractivity contribution is 6.01. The number of aliphatic hydroxyl groups is 8. The van der Waals surface area contributed by atoms with E-state index in [0.29, 0.717) is 48.8 Å². The smallest absolute Gasteiger partial charge is 0.414 e. The van der Waals surface area contributed by atoms with Gasteiger partial charge in [0.1, 0.15) is 112 Å². The number of nitrogens with two attached hydrogens (primary N) is 7. The number of aliphatic imine (C=N–C) groups is 2. The molecule has 0 radical (unpaired) electrons. The number of nitrogens with zero attached hydrogens (tertiary/aromatic N) is 2. The molecule has 802 valence electrons. The summed E-state index contributed by atoms with van der Waals surface area (Å²) in [4.78, 5) is 101. The first-order chi connectivity index (χ1) is 70.4. The molecule has 13 rings (SSSR count). The third-order valence-corrected chi connectivity index (χ3v) is 26.0. The Balaban J connectivity index is 0.000000330. The topological polar surface area (TPSA) is 705 Å². The maximum atomic E-state index is 14.2. The molecule has 46 heteroatoms. The van der Waals surface area contributed by atoms with Crippen molar-refractivity contribution in [3.63, 3.8) is 0 Å². The lowest BCUT2D eigenvalue weighted by atomic mass is 9.74. The lowest BCUT2D eigenvalue weighted by molar-refractivity contribution is -0.291. The highest BCUT2D eigenvalue weighted by Crippen LogP contribution is 2.42. The molecule has 6 fully saturated rings. The predicted octanol–water partition coefficient (Wildman–Crippen LogP) is 1.14. The summed E-state index contributed by atoms with van der Waals surface area (Å²) in [6.07, 6.45) is -24.7. The molecular weight excluding hydrogens is 1910 g/mol. The molecule has 0 aromatic heterocycles. The van der Waals surface area contributed by atoms with Crippen molar-refractivity contribution in [2.75, 3.05) is 45.9 Å². The van der Waals surface area contributed by atoms with Crippen LogP contribution in [0.5, 0.6) is 0 Å². The number of Topliss-reactive ketones (excluding diaryl/α,β-unsaturated/α-hetero) is 2. The molecule has 0 unspecified atom stereocenters. The Bertz CT molecular complexity index is 4910. The fourth-order valence-corrected chi connectivity index (χ4v) is 17.9. The predicted molar refractivity (Wildman–Crippen MR) is 519 cm³/mol. The van der Waals surface area contributed by atoms with Gasteiger partial charge in [-0.1, -0.05) is 190 Å². The van der Waals surface area contributed by atoms with E-state index < -0.39 is 251 Å². The summed E-state index contributed by atoms with van der Waals surface area (Å²) in [7, 11) is 0. The average Bonchev–Trinajstić information content (AvgIpc) is 1.57. The van der Waals surface area contributed by atoms with Gasteiger partial charge < -0.3 is 177 Å². The van der Waals surface area contributed by atoms with Crippen LogP contribution < -0.4 is 66.7 Å². The standard InChI is InChI=1S/C71H84N6O21.C29H56N8O11/c1-3-51-29-31-53(74-68(84)89-40-46-21-11-5-12-22-46)63(93-51)96-60-44(2)35-50(36-56(80)55(79)33-34-72-66(76-70(86)91-42-48-25-15-7-16-26-48)77-71(87)92-43-49-27-17-8-18-28-49)58(81)62(60)98-65-59(82)61(57(38-78)95-65)97-64-54(75-69(85)90-41-47-23-13-6-14-24-47)32-30-52(94-64)37-73-67(83)88-39-45-19-9-4-10-20-45;30-9-13-1-3-15(32)26(43-13)46-23-17(34)7-12(8-19(40)18(39)5-6-37-29(35)36)21(41)25(23)48-28-22(42)24(20(11-38)45-28)47-27-16(33)4-2-14(10-31)44-27/h4-32,44,50-55,57-65,78-79,81-82H,3,33-43H2,1-2H3,(H,73,83)(H,74,84)(H,75,85)(H2,72,76,77,86,87);12-18,20-28,38-39,41-42H,1-11,30-34H2,(H4,35,36,37)/t44-,50-,51+,52+,53+,54+,55-,57+,58-,59+,60+,61+,62+,63+,64+,65-;12-,13-,14+,15+,16+,17-,18-,20+,21-,22+,23+,24+,25+,26+,27+,28-/m00/s1. The normalized spacial score (nSPS) is 31.4. The van der Waals surface area contributed by atoms with Gasteiger partial charge in [-0.3, -0.25) is 30.2 Å². The van der Waals surface area contributed by atoms with E-state index in [1.165, 1.54) is 0 Å². The Morgan fingerprint density at radius 3 is 1.18 bits per heavy atom. The van der Waals surface area contributed by atoms with Gasteiger partial charge in [0, 0.05) is 57.9 Å². The van der Waals surface area contributed by atoms with Gasteiger partial charge in [-0.25, -0.2) is 24.0 Å². The lowest BCUT2D eigenvalue weighted by Crippen LogP contribution is -2.62. The molecule has 2 saturated carbocycles. The SMILES string of the molecule is CC[C@@H]1C=C[C@@H](NC(=O)OCc2ccccc2)[C@@H](O[C@H]2[C@H](O[C@@H]3O[C@H](CO)[C@@H](O[C@H]4O[C@@H](CNC(=O)OCc5ccccc5)C=C[C@H]4NC(=O)OCc4ccccc4)[C@H]3O)[C@@H](O)[C@H](CC(=O)[C@@H](O)CCN=C(NC(=O)OCc3ccccc3)NC(=O)OCc3ccccc3)C[C@@H]2C)O1.NC[C@@H]1CC[C@@H](N)[C@@H](O[C@H]2[C@H](O[C@@H]3O[C@H](CO)[C@@H](O[C@H]4O[C@@H](CN)CC[C@H]4N)[C@H]3O)[C@@H](O)[C@H](CC(=O)[C@@H](O)CCN=C(N)N)C[C@@H]2N)O1. The molecule has 0 spiro atoms. The zero-order valence-corrected chi connectivity index (χ0v) is 81.3. The van der Waals surface area contributed by atoms with Gasteiger partial charge in [-0.2, -0.15) is 0 Å². The van der Waals surface area contributed by atoms with E-state index >= 15 is 0 Å². The van der Waals surface area contributed by atoms with E-state index in [9.17, 15) is 74.4 Å². The van der Waals surface area contributed by atoms with E-state index in [4.69, 9.17) is 121 Å². The molecule has 4 saturated heterocycles. The van der Waals surface area contributed by atoms with Crippen LogP contribution in [-0.4, -0.2) is 319 Å². The van der Waals surface area contributed by atoms with Gasteiger partial charge >= 0.3 is 30.5 Å². The van der Waals surface area contributed by atoms with Crippen LogP contribution in [0.1, 0.15) is 112 Å². The lowest BCUT2D eigenvalue weighted by Gasteiger charge is -2.46. The molecule has 8 aliphatic rings. The second-order valence-electron chi connectivity index (χ2n) is 36.9. The van der Waals surface area contributed by atoms with E-state index in [1.54, 1.807) is 140 Å². The van der Waals surface area contributed by atoms with Crippen molar-refractivity contribution in [2.24, 2.45) is 67.9 Å². The summed E-state index contributed by atoms with van der Waals surface area (Å²) in [5.74, 6) is -4.21. The van der Waals surface area contributed by atoms with E-state index in [-0.39, 0.29) is 116 Å². The van der Waals surface area contributed by atoms with Crippen molar-refractivity contribution in [1.29, 1.82) is 0 Å². The summed E-state index contributed by atoms with van der Waals surface area (Å²) >= 11 is 0. The van der Waals surface area contributed by atoms with Gasteiger partial charge in [0.05, 0.1) is 74.6 Å². The summed E-state index contributed by atoms with van der Waals surface area (Å²) in [5.41, 5.74) is 45.0. The second-order valence-corrected chi connectivity index (χ2v) is 36.9. The van der Waals surface area contributed by atoms with Crippen LogP contribution in [-0.2, 0) is 123 Å². The molecule has 6 aliphatic heterocycles. The Labute approximate surface area is 844 Å². The number of carbonyl (C=O) groups excluding carboxylic acids is 7. The highest BCUT2D eigenvalue weighted by Gasteiger charge is 2.56. The molecule has 0 bridgehead atoms. The molecule has 146 heavy (non-hydrogen) atoms. The summed E-state index contributed by atoms with van der Waals surface area (Å²) in [5, 5.41) is 104. The molecule has 5 amide bonds. The first kappa shape index (κ1) is 114. The number of hydrogen-bond donors (Lipinski definition) is 20. The maximum absolute atomic E-state index is 14.2. The van der Waals surface area contributed by atoms with Crippen molar-refractivity contribution in [2.45, 2.75) is 295 Å². The number of nitrogens with one attached hydrogen (secondary N) is 5. The van der Waals surface area contributed by atoms with Crippen LogP contribution in [0.4, 0.5) is 24.0 Å². The number of aliphatic hydroxyl groups excluding tert-OH is 8. The maximum Gasteiger partial charge on any atom is 0.414 e. The van der Waals surface area contributed by atoms with Gasteiger partial charge in [0.2, 0.25) is 5.96 Å². The largest absolute Gasteiger partial charge is 0.445 e. The minimum absolute atomic E-state index is 0.00537. The van der Waals surface area contributed by atoms with E-state index in [2.05, 4.69) is 36.6 Å². The van der Waals surface area contributed by atoms with Crippen LogP contribution in [0.3, 0.4) is 0 Å². The number of carbonyl (C=O) groups is 7. The van der Waals surface area contributed by atoms with Crippen molar-refractivity contribution in [3.05, 3.63) is 204 Å². The van der Waals surface area contributed by atoms with Crippen molar-refractivity contribution >= 4 is 54.0 Å². The number of rotatable bonds is 43. The van der Waals surface area contributed by atoms with Crippen LogP contribution >= 0.6 is 0 Å². The third kappa shape index (κ3) is 34.1. The molecule has 5 aromatic rings. The second kappa shape index (κ2) is 57.7. The fourth-order valence-electron chi connectivity index (χ4n) is 17.9. The number of alkyl carbamates (subject to hydrolysis) is 5. The number of guanidine groups is 2. The monoisotopic (exact) mass is 2050 g/mol. The van der Waals surface area contributed by atoms with Gasteiger partial charge in [-0.05, 0) is 90.5 Å². The van der Waals surface area contributed by atoms with Gasteiger partial charge in [0.15, 0.2) is 55.3 Å². The zero-order chi connectivity index (χ0) is 104. The highest BCUT2D eigenvalue weighted by atomic mass is 16.8. The molecule has 5 aromatic carbocycles. The zero-order valence-electron chi connectivity index (χ0n) is 81.3. The quantitative estimate of drug-likeness (QED) is 0.0113. The van der Waals surface area contributed by atoms with Crippen LogP contribution in [0.15, 0.2) is 186 Å². The Kier molecular flexibility index (Phi) is 45.0. The first-order valence-corrected chi connectivity index (χ1v) is 49.1. The summed E-state index contributed by atoms with van der Waals surface area (Å²) in [6.45, 7) is 2.07. The molecule has 46 nitrogen and oxygen atoms in total. The van der Waals surface area contributed by atoms with Gasteiger partial charge in [0.25, 0.3) is 0 Å². The number of benzene rings is 5. The Morgan fingerprint density at radius 2 is 0.774 bits per heavy atom. The minimum Gasteiger partial charge on any atom is -0.445 e. The summed E-state index contributed by atoms with van der Waals surface area (Å²) in [6, 6.07) is 40.8. The molecular formula is C100H140N14O32. The molecule has 2 aliphatic carbocycles. The van der Waals surface area contributed by atoms with Crippen molar-refractivity contribution in [1.82, 2.24) is 26.6 Å². The van der Waals surface area contributed by atoms with Crippen LogP contribution in [0.2, 0.25) is 0 Å². The number of ether oxygens (including phenoxy) is 17. The Morgan fingerprint density at radius 1 is 0.411 bits per heavy atom. The first-order valence-electron chi connectivity index (χ1n) is 49.1. The average molecular weight is 2050 g/mol. The Hall–Kier alpha value is -10.8. The number of ketones is 2. The third-order valence-electron chi connectivity index (χ3n) is 26.0. The fraction of sp³-hybridized carbons (Fsp3) is 0.570. The van der Waals surface area contributed by atoms with Gasteiger partial charge in [-0.15, -0.1) is 0 Å². The van der Waals surface area contributed by atoms with Crippen molar-refractivity contribution < 1.29 is 155 Å². The van der Waals surface area contributed by atoms with Crippen LogP contribution in [0, 0.1) is 17.8 Å². The van der Waals surface area contributed by atoms with E-state index in [1.807, 2.05) is 49.4 Å². The molecule has 27 N–H and O–H groups in total. The van der Waals surface area contributed by atoms with Crippen LogP contribution in [0.25, 0.3) is 0 Å².